The van der Waals surface area contributed by atoms with Crippen molar-refractivity contribution in [2.75, 3.05) is 43.9 Å². The lowest BCUT2D eigenvalue weighted by Crippen LogP contribution is -2.42. The van der Waals surface area contributed by atoms with Crippen LogP contribution in [0, 0.1) is 5.41 Å². The molecule has 6 nitrogen and oxygen atoms in total. The molecule has 1 unspecified atom stereocenters. The number of carbonyl (C=O) groups is 2. The maximum absolute atomic E-state index is 13.6. The Bertz CT molecular complexity index is 1120. The lowest BCUT2D eigenvalue weighted by molar-refractivity contribution is -0.120. The maximum atomic E-state index is 13.6. The van der Waals surface area contributed by atoms with Crippen LogP contribution in [0.15, 0.2) is 59.8 Å². The summed E-state index contributed by atoms with van der Waals surface area (Å²) in [5.41, 5.74) is 4.28. The molecule has 0 radical (unpaired) electrons. The Morgan fingerprint density at radius 3 is 2.57 bits per heavy atom. The summed E-state index contributed by atoms with van der Waals surface area (Å²) in [6.07, 6.45) is 2.11. The van der Waals surface area contributed by atoms with E-state index in [4.69, 9.17) is 11.6 Å². The summed E-state index contributed by atoms with van der Waals surface area (Å²) >= 11 is 6.21. The van der Waals surface area contributed by atoms with Crippen LogP contribution in [0.1, 0.15) is 44.7 Å². The van der Waals surface area contributed by atoms with Gasteiger partial charge in [-0.15, -0.1) is 0 Å². The second kappa shape index (κ2) is 10.4. The highest BCUT2D eigenvalue weighted by Crippen LogP contribution is 2.48. The molecule has 2 N–H and O–H groups in total. The summed E-state index contributed by atoms with van der Waals surface area (Å²) in [4.78, 5) is 31.0. The van der Waals surface area contributed by atoms with Crippen molar-refractivity contribution in [3.8, 4) is 0 Å². The van der Waals surface area contributed by atoms with E-state index in [0.717, 1.165) is 47.6 Å². The van der Waals surface area contributed by atoms with E-state index >= 15 is 0 Å². The number of nitrogens with zero attached hydrogens (tertiary/aromatic N) is 2. The fourth-order valence-corrected chi connectivity index (χ4v) is 5.18. The number of hydrogen-bond acceptors (Lipinski definition) is 5. The van der Waals surface area contributed by atoms with Gasteiger partial charge in [0.15, 0.2) is 5.78 Å². The normalized spacial score (nSPS) is 19.1. The monoisotopic (exact) mass is 494 g/mol. The van der Waals surface area contributed by atoms with E-state index in [1.807, 2.05) is 62.6 Å². The van der Waals surface area contributed by atoms with Gasteiger partial charge in [-0.1, -0.05) is 49.7 Å². The van der Waals surface area contributed by atoms with E-state index in [9.17, 15) is 9.59 Å². The van der Waals surface area contributed by atoms with Crippen LogP contribution >= 0.6 is 11.6 Å². The highest BCUT2D eigenvalue weighted by atomic mass is 35.5. The number of nitrogens with one attached hydrogen (secondary N) is 2. The number of hydrogen-bond donors (Lipinski definition) is 2. The molecule has 4 rings (SSSR count). The molecule has 0 saturated heterocycles. The zero-order chi connectivity index (χ0) is 25.2. The number of fused-ring (bicyclic) bond motifs is 1. The van der Waals surface area contributed by atoms with Crippen LogP contribution < -0.4 is 15.5 Å². The fourth-order valence-electron chi connectivity index (χ4n) is 5.05. The molecule has 1 atom stereocenters. The Morgan fingerprint density at radius 2 is 1.86 bits per heavy atom. The SMILES string of the molecule is CN(C)CCCNC(=O)CN1c2ccccc2NC2=C(C(=O)CC(C)(C)C2)C1c1ccc(Cl)cc1. The van der Waals surface area contributed by atoms with Gasteiger partial charge in [-0.2, -0.15) is 0 Å². The van der Waals surface area contributed by atoms with Crippen molar-refractivity contribution in [2.24, 2.45) is 5.41 Å². The minimum absolute atomic E-state index is 0.0647. The predicted octanol–water partition coefficient (Wildman–Crippen LogP) is 5.02. The second-order valence-corrected chi connectivity index (χ2v) is 11.0. The molecule has 186 valence electrons. The minimum atomic E-state index is -0.394. The molecule has 35 heavy (non-hydrogen) atoms. The third-order valence-corrected chi connectivity index (χ3v) is 6.86. The molecule has 0 fully saturated rings. The Morgan fingerprint density at radius 1 is 1.14 bits per heavy atom. The molecule has 1 amide bonds. The highest BCUT2D eigenvalue weighted by Gasteiger charge is 2.41. The summed E-state index contributed by atoms with van der Waals surface area (Å²) in [6.45, 7) is 5.91. The van der Waals surface area contributed by atoms with Gasteiger partial charge in [0.05, 0.1) is 24.0 Å². The molecule has 0 saturated carbocycles. The molecule has 0 aromatic heterocycles. The molecular formula is C28H35ClN4O2. The van der Waals surface area contributed by atoms with E-state index in [-0.39, 0.29) is 23.7 Å². The number of anilines is 2. The first-order valence-corrected chi connectivity index (χ1v) is 12.6. The zero-order valence-corrected chi connectivity index (χ0v) is 21.8. The number of para-hydroxylation sites is 2. The van der Waals surface area contributed by atoms with E-state index < -0.39 is 6.04 Å². The van der Waals surface area contributed by atoms with Gasteiger partial charge in [0, 0.05) is 29.3 Å². The predicted molar refractivity (Wildman–Crippen MR) is 143 cm³/mol. The lowest BCUT2D eigenvalue weighted by Gasteiger charge is -2.37. The number of halogens is 1. The number of amides is 1. The van der Waals surface area contributed by atoms with Crippen LogP contribution in [0.3, 0.4) is 0 Å². The first kappa shape index (κ1) is 25.3. The topological polar surface area (TPSA) is 64.7 Å². The van der Waals surface area contributed by atoms with Crippen molar-refractivity contribution in [3.05, 3.63) is 70.4 Å². The summed E-state index contributed by atoms with van der Waals surface area (Å²) < 4.78 is 0. The van der Waals surface area contributed by atoms with Gasteiger partial charge < -0.3 is 20.4 Å². The molecule has 1 aliphatic carbocycles. The summed E-state index contributed by atoms with van der Waals surface area (Å²) in [6, 6.07) is 15.2. The van der Waals surface area contributed by atoms with Crippen LogP contribution in [0.4, 0.5) is 11.4 Å². The van der Waals surface area contributed by atoms with Crippen molar-refractivity contribution in [3.63, 3.8) is 0 Å². The Labute approximate surface area is 213 Å². The van der Waals surface area contributed by atoms with E-state index in [1.165, 1.54) is 0 Å². The molecule has 2 aromatic rings. The lowest BCUT2D eigenvalue weighted by atomic mass is 9.73. The van der Waals surface area contributed by atoms with E-state index in [2.05, 4.69) is 34.3 Å². The fraction of sp³-hybridized carbons (Fsp3) is 0.429. The molecule has 2 aromatic carbocycles. The zero-order valence-electron chi connectivity index (χ0n) is 21.0. The van der Waals surface area contributed by atoms with Crippen LogP contribution in [-0.2, 0) is 9.59 Å². The average molecular weight is 495 g/mol. The Kier molecular flexibility index (Phi) is 7.53. The molecule has 1 aliphatic heterocycles. The quantitative estimate of drug-likeness (QED) is 0.529. The van der Waals surface area contributed by atoms with Crippen molar-refractivity contribution in [1.29, 1.82) is 0 Å². The van der Waals surface area contributed by atoms with Crippen molar-refractivity contribution in [2.45, 2.75) is 39.2 Å². The number of benzene rings is 2. The number of ketones is 1. The smallest absolute Gasteiger partial charge is 0.239 e. The van der Waals surface area contributed by atoms with Gasteiger partial charge in [0.25, 0.3) is 0 Å². The van der Waals surface area contributed by atoms with Crippen LogP contribution in [0.5, 0.6) is 0 Å². The average Bonchev–Trinajstić information content (AvgIpc) is 2.91. The van der Waals surface area contributed by atoms with Gasteiger partial charge in [-0.3, -0.25) is 9.59 Å². The van der Waals surface area contributed by atoms with Gasteiger partial charge in [0.2, 0.25) is 5.91 Å². The largest absolute Gasteiger partial charge is 0.357 e. The second-order valence-electron chi connectivity index (χ2n) is 10.6. The maximum Gasteiger partial charge on any atom is 0.239 e. The summed E-state index contributed by atoms with van der Waals surface area (Å²) in [5.74, 6) is 0.0538. The summed E-state index contributed by atoms with van der Waals surface area (Å²) in [7, 11) is 4.04. The first-order valence-electron chi connectivity index (χ1n) is 12.2. The van der Waals surface area contributed by atoms with Crippen molar-refractivity contribution in [1.82, 2.24) is 10.2 Å². The Hall–Kier alpha value is -2.83. The van der Waals surface area contributed by atoms with E-state index in [1.54, 1.807) is 0 Å². The molecule has 0 bridgehead atoms. The Balaban J connectivity index is 1.77. The molecule has 7 heteroatoms. The molecular weight excluding hydrogens is 460 g/mol. The van der Waals surface area contributed by atoms with Crippen LogP contribution in [0.2, 0.25) is 5.02 Å². The third-order valence-electron chi connectivity index (χ3n) is 6.61. The number of Topliss-reactive ketones (excluding diaryl/α,β-unsaturated/α-hetero) is 1. The number of rotatable bonds is 7. The van der Waals surface area contributed by atoms with Crippen LogP contribution in [0.25, 0.3) is 0 Å². The molecule has 2 aliphatic rings. The van der Waals surface area contributed by atoms with Crippen LogP contribution in [-0.4, -0.2) is 50.3 Å². The summed E-state index contributed by atoms with van der Waals surface area (Å²) in [5, 5.41) is 7.28. The molecule has 1 heterocycles. The minimum Gasteiger partial charge on any atom is -0.357 e. The van der Waals surface area contributed by atoms with Gasteiger partial charge in [-0.25, -0.2) is 0 Å². The third kappa shape index (κ3) is 5.88. The van der Waals surface area contributed by atoms with Crippen molar-refractivity contribution < 1.29 is 9.59 Å². The highest BCUT2D eigenvalue weighted by molar-refractivity contribution is 6.30. The van der Waals surface area contributed by atoms with Crippen molar-refractivity contribution >= 4 is 34.7 Å². The number of carbonyl (C=O) groups excluding carboxylic acids is 2. The standard InChI is InChI=1S/C28H35ClN4O2/c1-28(2)16-22-26(24(34)17-28)27(19-10-12-20(29)13-11-19)33(23-9-6-5-8-21(23)31-22)18-25(35)30-14-7-15-32(3)4/h5-6,8-13,27,31H,7,14-18H2,1-4H3,(H,30,35). The molecule has 0 spiro atoms. The number of allylic oxidation sites excluding steroid dienone is 1. The van der Waals surface area contributed by atoms with Gasteiger partial charge >= 0.3 is 0 Å². The van der Waals surface area contributed by atoms with Gasteiger partial charge in [0.1, 0.15) is 0 Å². The van der Waals surface area contributed by atoms with Gasteiger partial charge in [-0.05, 0) is 68.7 Å². The first-order chi connectivity index (χ1) is 16.6. The van der Waals surface area contributed by atoms with E-state index in [0.29, 0.717) is 18.0 Å².